The van der Waals surface area contributed by atoms with E-state index in [4.69, 9.17) is 18.9 Å². The van der Waals surface area contributed by atoms with Crippen LogP contribution in [0.3, 0.4) is 0 Å². The molecule has 0 aromatic heterocycles. The summed E-state index contributed by atoms with van der Waals surface area (Å²) >= 11 is 0. The summed E-state index contributed by atoms with van der Waals surface area (Å²) in [6.45, 7) is 1.03. The molecule has 0 radical (unpaired) electrons. The molecular weight excluding hydrogens is 392 g/mol. The highest BCUT2D eigenvalue weighted by molar-refractivity contribution is 5.72. The molecule has 31 heavy (non-hydrogen) atoms. The largest absolute Gasteiger partial charge is 0.493 e. The Hall–Kier alpha value is -2.53. The van der Waals surface area contributed by atoms with Gasteiger partial charge in [0.1, 0.15) is 0 Å². The van der Waals surface area contributed by atoms with E-state index in [0.29, 0.717) is 13.2 Å². The second-order valence-electron chi connectivity index (χ2n) is 8.59. The molecule has 166 valence electrons. The predicted molar refractivity (Wildman–Crippen MR) is 118 cm³/mol. The van der Waals surface area contributed by atoms with Gasteiger partial charge in [0, 0.05) is 5.92 Å². The van der Waals surface area contributed by atoms with Crippen LogP contribution in [0.4, 0.5) is 0 Å². The number of hydrogen-bond donors (Lipinski definition) is 0. The van der Waals surface area contributed by atoms with Gasteiger partial charge in [-0.1, -0.05) is 49.2 Å². The van der Waals surface area contributed by atoms with Gasteiger partial charge in [-0.2, -0.15) is 0 Å². The lowest BCUT2D eigenvalue weighted by molar-refractivity contribution is -0.150. The molecule has 3 atom stereocenters. The van der Waals surface area contributed by atoms with Gasteiger partial charge in [0.25, 0.3) is 0 Å². The van der Waals surface area contributed by atoms with Crippen LogP contribution in [0.5, 0.6) is 11.5 Å². The van der Waals surface area contributed by atoms with Gasteiger partial charge >= 0.3 is 5.97 Å². The molecule has 2 aromatic rings. The van der Waals surface area contributed by atoms with Gasteiger partial charge in [-0.25, -0.2) is 0 Å². The maximum absolute atomic E-state index is 12.6. The minimum atomic E-state index is -0.0669. The Morgan fingerprint density at radius 3 is 2.45 bits per heavy atom. The first-order valence-corrected chi connectivity index (χ1v) is 11.2. The van der Waals surface area contributed by atoms with Gasteiger partial charge < -0.3 is 18.9 Å². The van der Waals surface area contributed by atoms with Crippen LogP contribution < -0.4 is 9.47 Å². The SMILES string of the molecule is COc1ccc(C[C@H]2COC(c3ccccc3)[C@H]2COC(=O)C2CCCC2)cc1OC. The minimum Gasteiger partial charge on any atom is -0.493 e. The highest BCUT2D eigenvalue weighted by Crippen LogP contribution is 2.41. The van der Waals surface area contributed by atoms with Gasteiger partial charge in [0.15, 0.2) is 11.5 Å². The third-order valence-corrected chi connectivity index (χ3v) is 6.66. The van der Waals surface area contributed by atoms with Crippen LogP contribution in [0.1, 0.15) is 42.9 Å². The number of carbonyl (C=O) groups is 1. The summed E-state index contributed by atoms with van der Waals surface area (Å²) < 4.78 is 22.9. The standard InChI is InChI=1S/C26H32O5/c1-28-23-13-12-18(15-24(23)29-2)14-21-16-30-25(19-8-4-3-5-9-19)22(21)17-31-26(27)20-10-6-7-11-20/h3-5,8-9,12-13,15,20-22,25H,6-7,10-11,14,16-17H2,1-2H3/t21-,22-,25?/m0/s1. The smallest absolute Gasteiger partial charge is 0.308 e. The molecule has 4 rings (SSSR count). The van der Waals surface area contributed by atoms with Gasteiger partial charge in [-0.05, 0) is 48.4 Å². The number of benzene rings is 2. The third kappa shape index (κ3) is 5.04. The molecule has 5 heteroatoms. The van der Waals surface area contributed by atoms with Gasteiger partial charge in [-0.15, -0.1) is 0 Å². The number of rotatable bonds is 8. The molecule has 5 nitrogen and oxygen atoms in total. The van der Waals surface area contributed by atoms with Crippen molar-refractivity contribution in [3.05, 3.63) is 59.7 Å². The summed E-state index contributed by atoms with van der Waals surface area (Å²) in [5.41, 5.74) is 2.30. The van der Waals surface area contributed by atoms with Crippen molar-refractivity contribution in [2.45, 2.75) is 38.2 Å². The zero-order valence-electron chi connectivity index (χ0n) is 18.4. The molecule has 2 aliphatic rings. The van der Waals surface area contributed by atoms with Crippen LogP contribution >= 0.6 is 0 Å². The number of esters is 1. The van der Waals surface area contributed by atoms with E-state index < -0.39 is 0 Å². The Bertz CT molecular complexity index is 859. The third-order valence-electron chi connectivity index (χ3n) is 6.66. The molecule has 0 N–H and O–H groups in total. The van der Waals surface area contributed by atoms with Crippen LogP contribution in [-0.4, -0.2) is 33.4 Å². The van der Waals surface area contributed by atoms with E-state index in [1.807, 2.05) is 30.3 Å². The van der Waals surface area contributed by atoms with E-state index in [9.17, 15) is 4.79 Å². The quantitative estimate of drug-likeness (QED) is 0.559. The van der Waals surface area contributed by atoms with Crippen LogP contribution in [0.15, 0.2) is 48.5 Å². The van der Waals surface area contributed by atoms with E-state index in [-0.39, 0.29) is 29.8 Å². The summed E-state index contributed by atoms with van der Waals surface area (Å²) in [4.78, 5) is 12.6. The fourth-order valence-electron chi connectivity index (χ4n) is 4.91. The van der Waals surface area contributed by atoms with Crippen molar-refractivity contribution in [3.63, 3.8) is 0 Å². The van der Waals surface area contributed by atoms with Gasteiger partial charge in [0.2, 0.25) is 0 Å². The molecule has 1 saturated carbocycles. The van der Waals surface area contributed by atoms with Crippen LogP contribution in [0.2, 0.25) is 0 Å². The molecule has 2 fully saturated rings. The Kier molecular flexibility index (Phi) is 7.13. The molecular formula is C26H32O5. The van der Waals surface area contributed by atoms with E-state index in [1.54, 1.807) is 14.2 Å². The normalized spacial score (nSPS) is 23.6. The Morgan fingerprint density at radius 2 is 1.74 bits per heavy atom. The summed E-state index contributed by atoms with van der Waals surface area (Å²) in [5.74, 6) is 1.84. The van der Waals surface area contributed by atoms with E-state index in [2.05, 4.69) is 18.2 Å². The van der Waals surface area contributed by atoms with Crippen molar-refractivity contribution in [1.82, 2.24) is 0 Å². The summed E-state index contributed by atoms with van der Waals surface area (Å²) in [6.07, 6.45) is 4.92. The summed E-state index contributed by atoms with van der Waals surface area (Å²) in [6, 6.07) is 16.3. The first kappa shape index (κ1) is 21.7. The molecule has 1 aliphatic heterocycles. The highest BCUT2D eigenvalue weighted by atomic mass is 16.5. The summed E-state index contributed by atoms with van der Waals surface area (Å²) in [5, 5.41) is 0. The van der Waals surface area contributed by atoms with Crippen molar-refractivity contribution in [2.75, 3.05) is 27.4 Å². The maximum atomic E-state index is 12.6. The predicted octanol–water partition coefficient (Wildman–Crippen LogP) is 4.98. The first-order chi connectivity index (χ1) is 15.2. The van der Waals surface area contributed by atoms with E-state index in [1.165, 1.54) is 0 Å². The zero-order valence-corrected chi connectivity index (χ0v) is 18.4. The first-order valence-electron chi connectivity index (χ1n) is 11.2. The minimum absolute atomic E-state index is 0.0407. The van der Waals surface area contributed by atoms with Crippen LogP contribution in [0.25, 0.3) is 0 Å². The van der Waals surface area contributed by atoms with Crippen LogP contribution in [-0.2, 0) is 20.7 Å². The van der Waals surface area contributed by atoms with Crippen LogP contribution in [0, 0.1) is 17.8 Å². The Labute approximate surface area is 184 Å². The average Bonchev–Trinajstić information content (AvgIpc) is 3.48. The number of carbonyl (C=O) groups excluding carboxylic acids is 1. The molecule has 1 aliphatic carbocycles. The summed E-state index contributed by atoms with van der Waals surface area (Å²) in [7, 11) is 3.29. The fraction of sp³-hybridized carbons (Fsp3) is 0.500. The molecule has 1 heterocycles. The average molecular weight is 425 g/mol. The lowest BCUT2D eigenvalue weighted by Gasteiger charge is -2.24. The van der Waals surface area contributed by atoms with Gasteiger partial charge in [-0.3, -0.25) is 4.79 Å². The lowest BCUT2D eigenvalue weighted by Crippen LogP contribution is -2.26. The van der Waals surface area contributed by atoms with E-state index >= 15 is 0 Å². The maximum Gasteiger partial charge on any atom is 0.308 e. The van der Waals surface area contributed by atoms with Crippen molar-refractivity contribution >= 4 is 5.97 Å². The number of hydrogen-bond acceptors (Lipinski definition) is 5. The zero-order chi connectivity index (χ0) is 21.6. The van der Waals surface area contributed by atoms with Gasteiger partial charge in [0.05, 0.1) is 39.5 Å². The molecule has 1 saturated heterocycles. The molecule has 0 bridgehead atoms. The van der Waals surface area contributed by atoms with E-state index in [0.717, 1.165) is 54.7 Å². The Morgan fingerprint density at radius 1 is 1.00 bits per heavy atom. The van der Waals surface area contributed by atoms with Crippen molar-refractivity contribution in [3.8, 4) is 11.5 Å². The second-order valence-corrected chi connectivity index (χ2v) is 8.59. The molecule has 2 aromatic carbocycles. The number of methoxy groups -OCH3 is 2. The highest BCUT2D eigenvalue weighted by Gasteiger charge is 2.39. The number of ether oxygens (including phenoxy) is 4. The van der Waals surface area contributed by atoms with Crippen molar-refractivity contribution in [1.29, 1.82) is 0 Å². The fourth-order valence-corrected chi connectivity index (χ4v) is 4.91. The molecule has 1 unspecified atom stereocenters. The topological polar surface area (TPSA) is 54.0 Å². The molecule has 0 spiro atoms. The van der Waals surface area contributed by atoms with Crippen molar-refractivity contribution in [2.24, 2.45) is 17.8 Å². The van der Waals surface area contributed by atoms with Crippen molar-refractivity contribution < 1.29 is 23.7 Å². The lowest BCUT2D eigenvalue weighted by atomic mass is 9.84. The second kappa shape index (κ2) is 10.2. The Balaban J connectivity index is 1.50. The molecule has 0 amide bonds. The monoisotopic (exact) mass is 424 g/mol.